The summed E-state index contributed by atoms with van der Waals surface area (Å²) < 4.78 is 4.93. The molecule has 2 rings (SSSR count). The Balaban J connectivity index is 1.82. The summed E-state index contributed by atoms with van der Waals surface area (Å²) in [5.41, 5.74) is 1.30. The summed E-state index contributed by atoms with van der Waals surface area (Å²) in [4.78, 5) is 15.8. The quantitative estimate of drug-likeness (QED) is 0.476. The number of ether oxygens (including phenoxy) is 1. The van der Waals surface area contributed by atoms with Gasteiger partial charge in [0.25, 0.3) is 0 Å². The van der Waals surface area contributed by atoms with E-state index in [2.05, 4.69) is 16.4 Å². The summed E-state index contributed by atoms with van der Waals surface area (Å²) in [7, 11) is 0. The first-order valence-electron chi connectivity index (χ1n) is 7.28. The lowest BCUT2D eigenvalue weighted by atomic mass is 10.1. The number of carbonyl (C=O) groups is 1. The fourth-order valence-corrected chi connectivity index (χ4v) is 3.35. The van der Waals surface area contributed by atoms with Crippen molar-refractivity contribution in [1.29, 1.82) is 0 Å². The van der Waals surface area contributed by atoms with E-state index in [1.54, 1.807) is 11.8 Å². The molecule has 0 unspecified atom stereocenters. The van der Waals surface area contributed by atoms with Crippen molar-refractivity contribution in [3.05, 3.63) is 23.9 Å². The molecule has 0 aromatic carbocycles. The fourth-order valence-electron chi connectivity index (χ4n) is 2.36. The summed E-state index contributed by atoms with van der Waals surface area (Å²) in [6.45, 7) is 3.39. The smallest absolute Gasteiger partial charge is 0.305 e. The number of esters is 1. The SMILES string of the molecule is CCOC(=O)CCCSc1ncccc1[C@H]1CCCN1. The van der Waals surface area contributed by atoms with Gasteiger partial charge in [-0.25, -0.2) is 4.98 Å². The van der Waals surface area contributed by atoms with E-state index >= 15 is 0 Å². The number of hydrogen-bond donors (Lipinski definition) is 1. The Kier molecular flexibility index (Phi) is 6.33. The molecule has 1 aliphatic rings. The molecule has 0 aliphatic carbocycles. The van der Waals surface area contributed by atoms with Gasteiger partial charge in [-0.2, -0.15) is 0 Å². The fraction of sp³-hybridized carbons (Fsp3) is 0.600. The zero-order valence-electron chi connectivity index (χ0n) is 11.9. The molecule has 1 saturated heterocycles. The normalized spacial score (nSPS) is 18.1. The number of hydrogen-bond acceptors (Lipinski definition) is 5. The highest BCUT2D eigenvalue weighted by Gasteiger charge is 2.19. The highest BCUT2D eigenvalue weighted by Crippen LogP contribution is 2.30. The molecule has 1 aliphatic heterocycles. The van der Waals surface area contributed by atoms with Gasteiger partial charge in [0.2, 0.25) is 0 Å². The maximum absolute atomic E-state index is 11.3. The van der Waals surface area contributed by atoms with Gasteiger partial charge in [-0.15, -0.1) is 11.8 Å². The maximum atomic E-state index is 11.3. The van der Waals surface area contributed by atoms with Gasteiger partial charge in [0.15, 0.2) is 0 Å². The molecule has 0 spiro atoms. The summed E-state index contributed by atoms with van der Waals surface area (Å²) in [6.07, 6.45) is 5.57. The first-order chi connectivity index (χ1) is 9.81. The first kappa shape index (κ1) is 15.3. The van der Waals surface area contributed by atoms with E-state index in [1.165, 1.54) is 18.4 Å². The minimum absolute atomic E-state index is 0.105. The zero-order chi connectivity index (χ0) is 14.2. The average molecular weight is 294 g/mol. The highest BCUT2D eigenvalue weighted by molar-refractivity contribution is 7.99. The molecule has 0 amide bonds. The van der Waals surface area contributed by atoms with Gasteiger partial charge in [-0.05, 0) is 38.8 Å². The Morgan fingerprint density at radius 1 is 1.60 bits per heavy atom. The third-order valence-corrected chi connectivity index (χ3v) is 4.41. The van der Waals surface area contributed by atoms with E-state index < -0.39 is 0 Å². The van der Waals surface area contributed by atoms with Crippen molar-refractivity contribution in [1.82, 2.24) is 10.3 Å². The van der Waals surface area contributed by atoms with E-state index in [0.717, 1.165) is 23.7 Å². The molecule has 1 atom stereocenters. The van der Waals surface area contributed by atoms with Crippen molar-refractivity contribution in [2.75, 3.05) is 18.9 Å². The van der Waals surface area contributed by atoms with Gasteiger partial charge in [0.1, 0.15) is 5.03 Å². The molecule has 1 aromatic heterocycles. The number of pyridine rings is 1. The molecule has 20 heavy (non-hydrogen) atoms. The average Bonchev–Trinajstić information content (AvgIpc) is 2.98. The summed E-state index contributed by atoms with van der Waals surface area (Å²) in [6, 6.07) is 4.60. The van der Waals surface area contributed by atoms with Crippen LogP contribution in [0.2, 0.25) is 0 Å². The molecule has 0 bridgehead atoms. The van der Waals surface area contributed by atoms with Crippen molar-refractivity contribution in [2.45, 2.75) is 43.7 Å². The van der Waals surface area contributed by atoms with Crippen LogP contribution in [0.5, 0.6) is 0 Å². The van der Waals surface area contributed by atoms with Gasteiger partial charge < -0.3 is 10.1 Å². The Bertz CT molecular complexity index is 434. The number of rotatable bonds is 7. The van der Waals surface area contributed by atoms with Gasteiger partial charge in [0, 0.05) is 30.0 Å². The maximum Gasteiger partial charge on any atom is 0.305 e. The van der Waals surface area contributed by atoms with E-state index in [0.29, 0.717) is 19.1 Å². The Labute approximate surface area is 124 Å². The lowest BCUT2D eigenvalue weighted by molar-refractivity contribution is -0.143. The largest absolute Gasteiger partial charge is 0.466 e. The van der Waals surface area contributed by atoms with Crippen LogP contribution in [0, 0.1) is 0 Å². The minimum Gasteiger partial charge on any atom is -0.466 e. The van der Waals surface area contributed by atoms with Crippen LogP contribution in [0.25, 0.3) is 0 Å². The molecule has 0 radical (unpaired) electrons. The highest BCUT2D eigenvalue weighted by atomic mass is 32.2. The predicted molar refractivity (Wildman–Crippen MR) is 80.8 cm³/mol. The third kappa shape index (κ3) is 4.49. The minimum atomic E-state index is -0.105. The lowest BCUT2D eigenvalue weighted by Gasteiger charge is -2.14. The van der Waals surface area contributed by atoms with Crippen molar-refractivity contribution >= 4 is 17.7 Å². The number of thioether (sulfide) groups is 1. The summed E-state index contributed by atoms with van der Waals surface area (Å²) >= 11 is 1.74. The molecule has 110 valence electrons. The molecule has 1 fully saturated rings. The molecule has 1 N–H and O–H groups in total. The van der Waals surface area contributed by atoms with Crippen LogP contribution in [0.4, 0.5) is 0 Å². The summed E-state index contributed by atoms with van der Waals surface area (Å²) in [5, 5.41) is 4.60. The Hall–Kier alpha value is -1.07. The second kappa shape index (κ2) is 8.27. The monoisotopic (exact) mass is 294 g/mol. The van der Waals surface area contributed by atoms with E-state index in [4.69, 9.17) is 4.74 Å². The second-order valence-corrected chi connectivity index (χ2v) is 5.89. The first-order valence-corrected chi connectivity index (χ1v) is 8.26. The third-order valence-electron chi connectivity index (χ3n) is 3.31. The molecule has 0 saturated carbocycles. The number of aromatic nitrogens is 1. The Morgan fingerprint density at radius 3 is 3.25 bits per heavy atom. The van der Waals surface area contributed by atoms with E-state index in [1.807, 2.05) is 19.2 Å². The van der Waals surface area contributed by atoms with Crippen LogP contribution in [-0.4, -0.2) is 29.9 Å². The molecule has 1 aromatic rings. The number of carbonyl (C=O) groups excluding carboxylic acids is 1. The van der Waals surface area contributed by atoms with Crippen molar-refractivity contribution in [3.63, 3.8) is 0 Å². The molecular formula is C15H22N2O2S. The van der Waals surface area contributed by atoms with Crippen LogP contribution in [-0.2, 0) is 9.53 Å². The van der Waals surface area contributed by atoms with Crippen molar-refractivity contribution in [2.24, 2.45) is 0 Å². The van der Waals surface area contributed by atoms with Gasteiger partial charge >= 0.3 is 5.97 Å². The van der Waals surface area contributed by atoms with Gasteiger partial charge in [-0.3, -0.25) is 4.79 Å². The van der Waals surface area contributed by atoms with Crippen LogP contribution in [0.1, 0.15) is 44.2 Å². The Morgan fingerprint density at radius 2 is 2.50 bits per heavy atom. The van der Waals surface area contributed by atoms with Gasteiger partial charge in [-0.1, -0.05) is 6.07 Å². The van der Waals surface area contributed by atoms with Crippen LogP contribution >= 0.6 is 11.8 Å². The summed E-state index contributed by atoms with van der Waals surface area (Å²) in [5.74, 6) is 0.794. The van der Waals surface area contributed by atoms with Crippen molar-refractivity contribution in [3.8, 4) is 0 Å². The van der Waals surface area contributed by atoms with E-state index in [9.17, 15) is 4.79 Å². The van der Waals surface area contributed by atoms with Crippen LogP contribution in [0.3, 0.4) is 0 Å². The zero-order valence-corrected chi connectivity index (χ0v) is 12.7. The predicted octanol–water partition coefficient (Wildman–Crippen LogP) is 2.94. The molecule has 5 heteroatoms. The van der Waals surface area contributed by atoms with Crippen LogP contribution < -0.4 is 5.32 Å². The topological polar surface area (TPSA) is 51.2 Å². The lowest BCUT2D eigenvalue weighted by Crippen LogP contribution is -2.14. The number of nitrogens with zero attached hydrogens (tertiary/aromatic N) is 1. The van der Waals surface area contributed by atoms with E-state index in [-0.39, 0.29) is 5.97 Å². The van der Waals surface area contributed by atoms with Crippen LogP contribution in [0.15, 0.2) is 23.4 Å². The second-order valence-electron chi connectivity index (χ2n) is 4.80. The molecule has 2 heterocycles. The van der Waals surface area contributed by atoms with Gasteiger partial charge in [0.05, 0.1) is 6.61 Å². The molecular weight excluding hydrogens is 272 g/mol. The molecule has 4 nitrogen and oxygen atoms in total. The number of nitrogens with one attached hydrogen (secondary N) is 1. The standard InChI is InChI=1S/C15H22N2O2S/c1-2-19-14(18)8-5-11-20-15-12(6-3-10-17-15)13-7-4-9-16-13/h3,6,10,13,16H,2,4-5,7-9,11H2,1H3/t13-/m1/s1. The van der Waals surface area contributed by atoms with Crippen molar-refractivity contribution < 1.29 is 9.53 Å².